The van der Waals surface area contributed by atoms with Gasteiger partial charge in [-0.1, -0.05) is 24.3 Å². The number of fused-ring (bicyclic) bond motifs is 1. The zero-order valence-corrected chi connectivity index (χ0v) is 7.46. The van der Waals surface area contributed by atoms with E-state index in [4.69, 9.17) is 11.6 Å². The maximum Gasteiger partial charge on any atom is 0.0847 e. The predicted octanol–water partition coefficient (Wildman–Crippen LogP) is 2.27. The molecule has 0 aromatic heterocycles. The van der Waals surface area contributed by atoms with Crippen molar-refractivity contribution < 1.29 is 5.11 Å². The van der Waals surface area contributed by atoms with E-state index in [-0.39, 0.29) is 11.5 Å². The second kappa shape index (κ2) is 3.08. The van der Waals surface area contributed by atoms with Gasteiger partial charge in [0.05, 0.1) is 11.5 Å². The first-order valence-electron chi connectivity index (χ1n) is 4.19. The van der Waals surface area contributed by atoms with Crippen molar-refractivity contribution in [2.24, 2.45) is 0 Å². The normalized spacial score (nSPS) is 28.2. The molecule has 12 heavy (non-hydrogen) atoms. The van der Waals surface area contributed by atoms with E-state index in [0.717, 1.165) is 18.4 Å². The minimum Gasteiger partial charge on any atom is -0.391 e. The lowest BCUT2D eigenvalue weighted by Crippen LogP contribution is -2.21. The van der Waals surface area contributed by atoms with Crippen molar-refractivity contribution in [3.05, 3.63) is 35.4 Å². The first-order valence-corrected chi connectivity index (χ1v) is 4.62. The van der Waals surface area contributed by atoms with E-state index in [1.807, 2.05) is 18.2 Å². The van der Waals surface area contributed by atoms with E-state index >= 15 is 0 Å². The monoisotopic (exact) mass is 182 g/mol. The fraction of sp³-hybridized carbons (Fsp3) is 0.400. The second-order valence-corrected chi connectivity index (χ2v) is 3.68. The van der Waals surface area contributed by atoms with Crippen molar-refractivity contribution in [2.45, 2.75) is 24.3 Å². The summed E-state index contributed by atoms with van der Waals surface area (Å²) in [5.74, 6) is 0. The maximum atomic E-state index is 9.49. The van der Waals surface area contributed by atoms with Gasteiger partial charge in [-0.2, -0.15) is 0 Å². The van der Waals surface area contributed by atoms with Crippen molar-refractivity contribution in [1.29, 1.82) is 0 Å². The summed E-state index contributed by atoms with van der Waals surface area (Å²) < 4.78 is 0. The zero-order valence-electron chi connectivity index (χ0n) is 6.70. The van der Waals surface area contributed by atoms with Crippen LogP contribution in [-0.4, -0.2) is 11.2 Å². The minimum absolute atomic E-state index is 0.213. The average Bonchev–Trinajstić information content (AvgIpc) is 2.12. The number of rotatable bonds is 0. The molecule has 2 atom stereocenters. The molecular formula is C10H11ClO. The van der Waals surface area contributed by atoms with Crippen LogP contribution < -0.4 is 0 Å². The van der Waals surface area contributed by atoms with Gasteiger partial charge in [-0.15, -0.1) is 11.6 Å². The Morgan fingerprint density at radius 2 is 2.08 bits per heavy atom. The highest BCUT2D eigenvalue weighted by molar-refractivity contribution is 6.21. The van der Waals surface area contributed by atoms with E-state index in [1.54, 1.807) is 0 Å². The number of benzene rings is 1. The summed E-state index contributed by atoms with van der Waals surface area (Å²) in [5.41, 5.74) is 2.38. The number of hydrogen-bond acceptors (Lipinski definition) is 1. The van der Waals surface area contributed by atoms with Crippen molar-refractivity contribution >= 4 is 11.6 Å². The van der Waals surface area contributed by atoms with Crippen LogP contribution in [0, 0.1) is 0 Å². The topological polar surface area (TPSA) is 20.2 Å². The number of halogens is 1. The molecule has 1 nitrogen and oxygen atoms in total. The molecular weight excluding hydrogens is 172 g/mol. The molecule has 2 unspecified atom stereocenters. The summed E-state index contributed by atoms with van der Waals surface area (Å²) >= 11 is 6.05. The lowest BCUT2D eigenvalue weighted by Gasteiger charge is -2.25. The van der Waals surface area contributed by atoms with E-state index < -0.39 is 0 Å². The number of alkyl halides is 1. The van der Waals surface area contributed by atoms with Crippen LogP contribution >= 0.6 is 11.6 Å². The highest BCUT2D eigenvalue weighted by Crippen LogP contribution is 2.34. The quantitative estimate of drug-likeness (QED) is 0.611. The molecule has 0 aliphatic heterocycles. The van der Waals surface area contributed by atoms with Gasteiger partial charge in [-0.3, -0.25) is 0 Å². The van der Waals surface area contributed by atoms with Gasteiger partial charge in [-0.05, 0) is 24.0 Å². The van der Waals surface area contributed by atoms with Gasteiger partial charge < -0.3 is 5.11 Å². The molecule has 0 heterocycles. The number of aliphatic hydroxyl groups excluding tert-OH is 1. The van der Waals surface area contributed by atoms with Gasteiger partial charge in [-0.25, -0.2) is 0 Å². The Balaban J connectivity index is 2.42. The molecule has 0 saturated carbocycles. The lowest BCUT2D eigenvalue weighted by molar-refractivity contribution is 0.153. The number of aryl methyl sites for hydroxylation is 1. The summed E-state index contributed by atoms with van der Waals surface area (Å²) in [6.07, 6.45) is 1.35. The van der Waals surface area contributed by atoms with Crippen LogP contribution in [0.2, 0.25) is 0 Å². The van der Waals surface area contributed by atoms with Crippen LogP contribution in [0.15, 0.2) is 24.3 Å². The van der Waals surface area contributed by atoms with Crippen molar-refractivity contribution in [1.82, 2.24) is 0 Å². The summed E-state index contributed by atoms with van der Waals surface area (Å²) in [7, 11) is 0. The highest BCUT2D eigenvalue weighted by atomic mass is 35.5. The highest BCUT2D eigenvalue weighted by Gasteiger charge is 2.25. The first-order chi connectivity index (χ1) is 5.79. The molecule has 2 heteroatoms. The molecule has 1 aromatic rings. The molecule has 64 valence electrons. The Morgan fingerprint density at radius 1 is 1.33 bits per heavy atom. The van der Waals surface area contributed by atoms with Crippen molar-refractivity contribution in [2.75, 3.05) is 0 Å². The van der Waals surface area contributed by atoms with Gasteiger partial charge in [0.25, 0.3) is 0 Å². The fourth-order valence-electron chi connectivity index (χ4n) is 1.69. The maximum absolute atomic E-state index is 9.49. The number of hydrogen-bond donors (Lipinski definition) is 1. The smallest absolute Gasteiger partial charge is 0.0847 e. The van der Waals surface area contributed by atoms with Gasteiger partial charge in [0.1, 0.15) is 0 Å². The first kappa shape index (κ1) is 8.09. The Labute approximate surface area is 77.0 Å². The molecule has 2 rings (SSSR count). The second-order valence-electron chi connectivity index (χ2n) is 3.21. The van der Waals surface area contributed by atoms with Gasteiger partial charge in [0.15, 0.2) is 0 Å². The zero-order chi connectivity index (χ0) is 8.55. The SMILES string of the molecule is OC1CCc2ccccc2C1Cl. The molecule has 0 bridgehead atoms. The predicted molar refractivity (Wildman–Crippen MR) is 49.4 cm³/mol. The fourth-order valence-corrected chi connectivity index (χ4v) is 2.03. The molecule has 1 aromatic carbocycles. The molecule has 0 radical (unpaired) electrons. The molecule has 0 spiro atoms. The van der Waals surface area contributed by atoms with E-state index in [0.29, 0.717) is 0 Å². The Kier molecular flexibility index (Phi) is 2.07. The van der Waals surface area contributed by atoms with Crippen LogP contribution in [-0.2, 0) is 6.42 Å². The molecule has 1 aliphatic rings. The van der Waals surface area contributed by atoms with Crippen molar-refractivity contribution in [3.8, 4) is 0 Å². The Morgan fingerprint density at radius 3 is 2.92 bits per heavy atom. The van der Waals surface area contributed by atoms with E-state index in [1.165, 1.54) is 5.56 Å². The van der Waals surface area contributed by atoms with E-state index in [2.05, 4.69) is 6.07 Å². The van der Waals surface area contributed by atoms with Gasteiger partial charge in [0, 0.05) is 0 Å². The van der Waals surface area contributed by atoms with Crippen LogP contribution in [0.1, 0.15) is 22.9 Å². The Hall–Kier alpha value is -0.530. The van der Waals surface area contributed by atoms with Crippen LogP contribution in [0.25, 0.3) is 0 Å². The van der Waals surface area contributed by atoms with Crippen LogP contribution in [0.5, 0.6) is 0 Å². The third-order valence-electron chi connectivity index (χ3n) is 2.40. The standard InChI is InChI=1S/C10H11ClO/c11-10-8-4-2-1-3-7(8)5-6-9(10)12/h1-4,9-10,12H,5-6H2. The lowest BCUT2D eigenvalue weighted by atomic mass is 9.89. The third-order valence-corrected chi connectivity index (χ3v) is 2.93. The third kappa shape index (κ3) is 1.23. The average molecular weight is 183 g/mol. The molecule has 1 N–H and O–H groups in total. The largest absolute Gasteiger partial charge is 0.391 e. The molecule has 1 aliphatic carbocycles. The molecule has 0 saturated heterocycles. The van der Waals surface area contributed by atoms with Gasteiger partial charge >= 0.3 is 0 Å². The summed E-state index contributed by atoms with van der Waals surface area (Å²) in [6.45, 7) is 0. The van der Waals surface area contributed by atoms with Crippen molar-refractivity contribution in [3.63, 3.8) is 0 Å². The van der Waals surface area contributed by atoms with Crippen LogP contribution in [0.4, 0.5) is 0 Å². The van der Waals surface area contributed by atoms with Gasteiger partial charge in [0.2, 0.25) is 0 Å². The van der Waals surface area contributed by atoms with Crippen LogP contribution in [0.3, 0.4) is 0 Å². The molecule has 0 amide bonds. The van der Waals surface area contributed by atoms with E-state index in [9.17, 15) is 5.11 Å². The summed E-state index contributed by atoms with van der Waals surface area (Å²) in [6, 6.07) is 8.05. The molecule has 0 fully saturated rings. The Bertz CT molecular complexity index is 285. The number of aliphatic hydroxyl groups is 1. The minimum atomic E-state index is -0.374. The summed E-state index contributed by atoms with van der Waals surface area (Å²) in [5, 5.41) is 9.28. The summed E-state index contributed by atoms with van der Waals surface area (Å²) in [4.78, 5) is 0.